The largest absolute Gasteiger partial charge is 0.457 e. The molecule has 7 nitrogen and oxygen atoms in total. The van der Waals surface area contributed by atoms with E-state index in [1.165, 1.54) is 10.5 Å². The number of imide groups is 1. The standard InChI is InChI=1S/C39H27NO6/c1-26-15-19-28(20-16-26)43-30-7-4-9-32(23-30)45-34-11-6-12-35(25-34)46-33-10-5-8-31(24-33)44-29-21-17-27(18-22-29)40-38(41)36-13-2-3-14-37(36)39(40)42/h2-25H,1H3. The van der Waals surface area contributed by atoms with Crippen molar-refractivity contribution in [3.63, 3.8) is 0 Å². The molecule has 0 bridgehead atoms. The monoisotopic (exact) mass is 605 g/mol. The Balaban J connectivity index is 0.996. The van der Waals surface area contributed by atoms with Gasteiger partial charge < -0.3 is 18.9 Å². The number of amides is 2. The van der Waals surface area contributed by atoms with Crippen LogP contribution in [0.15, 0.2) is 146 Å². The van der Waals surface area contributed by atoms with Crippen LogP contribution in [0.25, 0.3) is 0 Å². The number of rotatable bonds is 9. The molecule has 1 aliphatic rings. The van der Waals surface area contributed by atoms with Crippen molar-refractivity contribution < 1.29 is 28.5 Å². The minimum absolute atomic E-state index is 0.339. The Morgan fingerprint density at radius 3 is 1.13 bits per heavy atom. The molecule has 0 atom stereocenters. The Hall–Kier alpha value is -6.34. The van der Waals surface area contributed by atoms with Crippen LogP contribution in [0.3, 0.4) is 0 Å². The van der Waals surface area contributed by atoms with Crippen LogP contribution in [0.4, 0.5) is 5.69 Å². The summed E-state index contributed by atoms with van der Waals surface area (Å²) < 4.78 is 24.2. The molecule has 0 saturated carbocycles. The fraction of sp³-hybridized carbons (Fsp3) is 0.0256. The average Bonchev–Trinajstić information content (AvgIpc) is 3.32. The first-order valence-corrected chi connectivity index (χ1v) is 14.6. The average molecular weight is 606 g/mol. The van der Waals surface area contributed by atoms with E-state index in [0.717, 1.165) is 5.75 Å². The van der Waals surface area contributed by atoms with Crippen molar-refractivity contribution in [2.24, 2.45) is 0 Å². The van der Waals surface area contributed by atoms with Crippen LogP contribution in [-0.2, 0) is 0 Å². The molecule has 0 N–H and O–H groups in total. The lowest BCUT2D eigenvalue weighted by Gasteiger charge is -2.15. The third kappa shape index (κ3) is 6.16. The van der Waals surface area contributed by atoms with Gasteiger partial charge in [-0.25, -0.2) is 4.90 Å². The van der Waals surface area contributed by atoms with Crippen molar-refractivity contribution >= 4 is 17.5 Å². The van der Waals surface area contributed by atoms with E-state index in [1.54, 1.807) is 60.7 Å². The minimum Gasteiger partial charge on any atom is -0.457 e. The van der Waals surface area contributed by atoms with E-state index in [1.807, 2.05) is 91.9 Å². The van der Waals surface area contributed by atoms with E-state index < -0.39 is 0 Å². The summed E-state index contributed by atoms with van der Waals surface area (Å²) in [5.41, 5.74) is 2.45. The number of hydrogen-bond donors (Lipinski definition) is 0. The number of fused-ring (bicyclic) bond motifs is 1. The van der Waals surface area contributed by atoms with E-state index in [2.05, 4.69) is 0 Å². The van der Waals surface area contributed by atoms with Crippen LogP contribution in [-0.4, -0.2) is 11.8 Å². The molecule has 0 aliphatic carbocycles. The molecule has 0 unspecified atom stereocenters. The second kappa shape index (κ2) is 12.3. The second-order valence-electron chi connectivity index (χ2n) is 10.6. The fourth-order valence-corrected chi connectivity index (χ4v) is 5.04. The molecule has 6 aromatic rings. The molecule has 1 heterocycles. The number of nitrogens with zero attached hydrogens (tertiary/aromatic N) is 1. The molecule has 0 radical (unpaired) electrons. The number of hydrogen-bond acceptors (Lipinski definition) is 6. The predicted molar refractivity (Wildman–Crippen MR) is 175 cm³/mol. The molecule has 2 amide bonds. The lowest BCUT2D eigenvalue weighted by atomic mass is 10.1. The van der Waals surface area contributed by atoms with Crippen LogP contribution in [0.2, 0.25) is 0 Å². The van der Waals surface area contributed by atoms with Gasteiger partial charge >= 0.3 is 0 Å². The lowest BCUT2D eigenvalue weighted by molar-refractivity contribution is 0.0926. The van der Waals surface area contributed by atoms with Crippen LogP contribution in [0.5, 0.6) is 46.0 Å². The number of carbonyl (C=O) groups excluding carboxylic acids is 2. The van der Waals surface area contributed by atoms with Crippen molar-refractivity contribution in [3.05, 3.63) is 162 Å². The molecule has 0 fully saturated rings. The van der Waals surface area contributed by atoms with Gasteiger partial charge in [-0.3, -0.25) is 9.59 Å². The Kier molecular flexibility index (Phi) is 7.63. The maximum Gasteiger partial charge on any atom is 0.266 e. The van der Waals surface area contributed by atoms with Gasteiger partial charge in [0, 0.05) is 18.2 Å². The highest BCUT2D eigenvalue weighted by molar-refractivity contribution is 6.34. The van der Waals surface area contributed by atoms with Gasteiger partial charge in [0.15, 0.2) is 0 Å². The van der Waals surface area contributed by atoms with Crippen molar-refractivity contribution in [3.8, 4) is 46.0 Å². The lowest BCUT2D eigenvalue weighted by Crippen LogP contribution is -2.29. The Morgan fingerprint density at radius 2 is 0.739 bits per heavy atom. The molecular formula is C39H27NO6. The Morgan fingerprint density at radius 1 is 0.391 bits per heavy atom. The zero-order valence-corrected chi connectivity index (χ0v) is 24.8. The summed E-state index contributed by atoms with van der Waals surface area (Å²) in [4.78, 5) is 26.8. The van der Waals surface area contributed by atoms with Gasteiger partial charge in [0.05, 0.1) is 16.8 Å². The van der Waals surface area contributed by atoms with Crippen molar-refractivity contribution in [2.75, 3.05) is 4.90 Å². The summed E-state index contributed by atoms with van der Waals surface area (Å²) in [6.45, 7) is 2.03. The number of benzene rings is 6. The van der Waals surface area contributed by atoms with Crippen molar-refractivity contribution in [1.29, 1.82) is 0 Å². The highest BCUT2D eigenvalue weighted by atomic mass is 16.5. The molecule has 46 heavy (non-hydrogen) atoms. The van der Waals surface area contributed by atoms with Gasteiger partial charge in [-0.2, -0.15) is 0 Å². The summed E-state index contributed by atoms with van der Waals surface area (Å²) in [5, 5.41) is 0. The third-order valence-corrected chi connectivity index (χ3v) is 7.27. The third-order valence-electron chi connectivity index (χ3n) is 7.27. The highest BCUT2D eigenvalue weighted by Gasteiger charge is 2.36. The molecule has 0 aromatic heterocycles. The number of anilines is 1. The first-order chi connectivity index (χ1) is 22.5. The van der Waals surface area contributed by atoms with Gasteiger partial charge in [0.1, 0.15) is 46.0 Å². The summed E-state index contributed by atoms with van der Waals surface area (Å²) in [7, 11) is 0. The minimum atomic E-state index is -0.339. The summed E-state index contributed by atoms with van der Waals surface area (Å²) in [5.74, 6) is 4.25. The quantitative estimate of drug-likeness (QED) is 0.153. The van der Waals surface area contributed by atoms with Gasteiger partial charge in [0.25, 0.3) is 11.8 Å². The van der Waals surface area contributed by atoms with Gasteiger partial charge in [-0.1, -0.05) is 48.0 Å². The van der Waals surface area contributed by atoms with Crippen LogP contribution in [0, 0.1) is 6.92 Å². The Bertz CT molecular complexity index is 2020. The number of carbonyl (C=O) groups is 2. The van der Waals surface area contributed by atoms with Crippen LogP contribution in [0.1, 0.15) is 26.3 Å². The van der Waals surface area contributed by atoms with E-state index in [9.17, 15) is 9.59 Å². The predicted octanol–water partition coefficient (Wildman–Crippen LogP) is 9.96. The summed E-state index contributed by atoms with van der Waals surface area (Å²) in [6.07, 6.45) is 0. The molecule has 6 aromatic carbocycles. The number of ether oxygens (including phenoxy) is 4. The first-order valence-electron chi connectivity index (χ1n) is 14.6. The van der Waals surface area contributed by atoms with Crippen LogP contribution >= 0.6 is 0 Å². The van der Waals surface area contributed by atoms with Gasteiger partial charge in [0.2, 0.25) is 0 Å². The molecule has 7 heteroatoms. The molecule has 0 saturated heterocycles. The normalized spacial score (nSPS) is 12.1. The van der Waals surface area contributed by atoms with E-state index in [0.29, 0.717) is 57.1 Å². The molecule has 224 valence electrons. The van der Waals surface area contributed by atoms with Crippen molar-refractivity contribution in [1.82, 2.24) is 0 Å². The summed E-state index contributed by atoms with van der Waals surface area (Å²) in [6, 6.07) is 43.6. The van der Waals surface area contributed by atoms with Gasteiger partial charge in [-0.15, -0.1) is 0 Å². The maximum absolute atomic E-state index is 12.8. The van der Waals surface area contributed by atoms with Crippen LogP contribution < -0.4 is 23.8 Å². The topological polar surface area (TPSA) is 74.3 Å². The van der Waals surface area contributed by atoms with E-state index in [4.69, 9.17) is 18.9 Å². The summed E-state index contributed by atoms with van der Waals surface area (Å²) >= 11 is 0. The first kappa shape index (κ1) is 28.4. The van der Waals surface area contributed by atoms with Gasteiger partial charge in [-0.05, 0) is 91.9 Å². The van der Waals surface area contributed by atoms with E-state index in [-0.39, 0.29) is 11.8 Å². The van der Waals surface area contributed by atoms with Crippen molar-refractivity contribution in [2.45, 2.75) is 6.92 Å². The smallest absolute Gasteiger partial charge is 0.266 e. The van der Waals surface area contributed by atoms with E-state index >= 15 is 0 Å². The zero-order chi connectivity index (χ0) is 31.5. The maximum atomic E-state index is 12.8. The SMILES string of the molecule is Cc1ccc(Oc2cccc(Oc3cccc(Oc4cccc(Oc5ccc(N6C(=O)c7ccccc7C6=O)cc5)c4)c3)c2)cc1. The molecular weight excluding hydrogens is 578 g/mol. The molecule has 1 aliphatic heterocycles. The molecule has 7 rings (SSSR count). The highest BCUT2D eigenvalue weighted by Crippen LogP contribution is 2.34. The second-order valence-corrected chi connectivity index (χ2v) is 10.6. The Labute approximate surface area is 265 Å². The zero-order valence-electron chi connectivity index (χ0n) is 24.8. The number of aryl methyl sites for hydroxylation is 1. The fourth-order valence-electron chi connectivity index (χ4n) is 5.04. The molecule has 0 spiro atoms.